The van der Waals surface area contributed by atoms with Gasteiger partial charge in [-0.25, -0.2) is 13.2 Å². The van der Waals surface area contributed by atoms with Gasteiger partial charge in [0.05, 0.1) is 24.1 Å². The summed E-state index contributed by atoms with van der Waals surface area (Å²) >= 11 is 0. The van der Waals surface area contributed by atoms with E-state index in [1.165, 1.54) is 0 Å². The van der Waals surface area contributed by atoms with Crippen LogP contribution in [0.3, 0.4) is 0 Å². The van der Waals surface area contributed by atoms with Crippen LogP contribution in [0.25, 0.3) is 10.9 Å². The number of hydrogen-bond donors (Lipinski definition) is 2. The number of hydrogen-bond acceptors (Lipinski definition) is 5. The molecule has 0 amide bonds. The first-order valence-corrected chi connectivity index (χ1v) is 12.8. The van der Waals surface area contributed by atoms with Crippen molar-refractivity contribution < 1.29 is 32.9 Å². The Morgan fingerprint density at radius 2 is 1.92 bits per heavy atom. The number of pyridine rings is 1. The van der Waals surface area contributed by atoms with E-state index in [1.54, 1.807) is 19.4 Å². The van der Waals surface area contributed by atoms with Crippen molar-refractivity contribution in [3.05, 3.63) is 70.7 Å². The molecule has 2 N–H and O–H groups in total. The quantitative estimate of drug-likeness (QED) is 0.333. The number of fused-ring (bicyclic) bond motifs is 1. The number of aliphatic hydroxyl groups is 1. The molecular formula is C29H33F3N2O4. The number of rotatable bonds is 10. The van der Waals surface area contributed by atoms with Crippen molar-refractivity contribution in [3.63, 3.8) is 0 Å². The highest BCUT2D eigenvalue weighted by Gasteiger charge is 2.41. The predicted molar refractivity (Wildman–Crippen MR) is 138 cm³/mol. The van der Waals surface area contributed by atoms with Crippen molar-refractivity contribution in [2.24, 2.45) is 5.41 Å². The summed E-state index contributed by atoms with van der Waals surface area (Å²) in [5.41, 5.74) is 1.33. The third-order valence-electron chi connectivity index (χ3n) is 7.80. The summed E-state index contributed by atoms with van der Waals surface area (Å²) in [6, 6.07) is 7.02. The van der Waals surface area contributed by atoms with Crippen molar-refractivity contribution in [2.75, 3.05) is 26.7 Å². The molecule has 0 spiro atoms. The third kappa shape index (κ3) is 5.94. The SMILES string of the molecule is COc1ccc2ncc(C)c([C@@H](O)CCC3(C(=O)O)CCN(CCCc4cc(F)cc(F)c4F)CC3)c2c1. The highest BCUT2D eigenvalue weighted by Crippen LogP contribution is 2.40. The third-order valence-corrected chi connectivity index (χ3v) is 7.80. The maximum absolute atomic E-state index is 13.9. The zero-order valence-electron chi connectivity index (χ0n) is 21.6. The normalized spacial score (nSPS) is 16.5. The van der Waals surface area contributed by atoms with Gasteiger partial charge in [-0.3, -0.25) is 9.78 Å². The molecule has 6 nitrogen and oxygen atoms in total. The maximum Gasteiger partial charge on any atom is 0.309 e. The Morgan fingerprint density at radius 3 is 2.61 bits per heavy atom. The van der Waals surface area contributed by atoms with Crippen LogP contribution in [0.5, 0.6) is 5.75 Å². The number of benzene rings is 2. The summed E-state index contributed by atoms with van der Waals surface area (Å²) < 4.78 is 46.1. The van der Waals surface area contributed by atoms with Crippen LogP contribution in [0.2, 0.25) is 0 Å². The topological polar surface area (TPSA) is 82.9 Å². The Bertz CT molecular complexity index is 1310. The van der Waals surface area contributed by atoms with Crippen LogP contribution < -0.4 is 4.74 Å². The standard InChI is InChI=1S/C29H33F3N2O4/c1-18-17-33-24-6-5-21(38-2)16-22(24)26(18)25(35)7-8-29(28(36)37)9-12-34(13-10-29)11-3-4-19-14-20(30)15-23(31)27(19)32/h5-6,14-17,25,35H,3-4,7-13H2,1-2H3,(H,36,37)/t25-/m0/s1. The summed E-state index contributed by atoms with van der Waals surface area (Å²) in [5, 5.41) is 22.1. The first kappa shape index (κ1) is 27.9. The predicted octanol–water partition coefficient (Wildman–Crippen LogP) is 5.58. The Hall–Kier alpha value is -3.17. The van der Waals surface area contributed by atoms with Crippen LogP contribution >= 0.6 is 0 Å². The number of carboxylic acid groups (broad SMARTS) is 1. The van der Waals surface area contributed by atoms with Crippen molar-refractivity contribution in [1.82, 2.24) is 9.88 Å². The number of aliphatic hydroxyl groups excluding tert-OH is 1. The zero-order valence-corrected chi connectivity index (χ0v) is 21.6. The van der Waals surface area contributed by atoms with Gasteiger partial charge in [-0.1, -0.05) is 0 Å². The first-order valence-electron chi connectivity index (χ1n) is 12.8. The largest absolute Gasteiger partial charge is 0.497 e. The zero-order chi connectivity index (χ0) is 27.4. The second-order valence-corrected chi connectivity index (χ2v) is 10.2. The monoisotopic (exact) mass is 530 g/mol. The van der Waals surface area contributed by atoms with Crippen molar-refractivity contribution in [1.29, 1.82) is 0 Å². The summed E-state index contributed by atoms with van der Waals surface area (Å²) in [6.45, 7) is 3.52. The van der Waals surface area contributed by atoms with E-state index in [0.717, 1.165) is 28.1 Å². The molecule has 38 heavy (non-hydrogen) atoms. The number of carboxylic acids is 1. The fourth-order valence-corrected chi connectivity index (χ4v) is 5.48. The lowest BCUT2D eigenvalue weighted by molar-refractivity contribution is -0.153. The number of methoxy groups -OCH3 is 1. The van der Waals surface area contributed by atoms with Crippen LogP contribution in [0.15, 0.2) is 36.5 Å². The van der Waals surface area contributed by atoms with E-state index in [0.29, 0.717) is 57.1 Å². The molecule has 0 saturated carbocycles. The fraction of sp³-hybridized carbons (Fsp3) is 0.448. The number of likely N-dealkylation sites (tertiary alicyclic amines) is 1. The molecule has 1 atom stereocenters. The Morgan fingerprint density at radius 1 is 1.18 bits per heavy atom. The van der Waals surface area contributed by atoms with Gasteiger partial charge in [0.2, 0.25) is 0 Å². The lowest BCUT2D eigenvalue weighted by Gasteiger charge is -2.39. The molecule has 1 aliphatic rings. The number of halogens is 3. The van der Waals surface area contributed by atoms with E-state index < -0.39 is 34.9 Å². The van der Waals surface area contributed by atoms with E-state index in [2.05, 4.69) is 9.88 Å². The molecule has 1 fully saturated rings. The summed E-state index contributed by atoms with van der Waals surface area (Å²) in [6.07, 6.45) is 2.98. The molecule has 9 heteroatoms. The van der Waals surface area contributed by atoms with Crippen LogP contribution in [-0.4, -0.2) is 52.8 Å². The van der Waals surface area contributed by atoms with Gasteiger partial charge in [-0.05, 0) is 106 Å². The van der Waals surface area contributed by atoms with Gasteiger partial charge in [0.15, 0.2) is 11.6 Å². The van der Waals surface area contributed by atoms with Crippen LogP contribution in [0.1, 0.15) is 54.9 Å². The van der Waals surface area contributed by atoms with E-state index in [9.17, 15) is 28.2 Å². The van der Waals surface area contributed by atoms with E-state index in [4.69, 9.17) is 4.74 Å². The molecular weight excluding hydrogens is 497 g/mol. The Kier molecular flexibility index (Phi) is 8.57. The number of carbonyl (C=O) groups is 1. The van der Waals surface area contributed by atoms with Crippen LogP contribution in [0, 0.1) is 29.8 Å². The average molecular weight is 531 g/mol. The Labute approximate surface area is 220 Å². The van der Waals surface area contributed by atoms with Crippen LogP contribution in [-0.2, 0) is 11.2 Å². The molecule has 1 aliphatic heterocycles. The van der Waals surface area contributed by atoms with Crippen molar-refractivity contribution in [3.8, 4) is 5.75 Å². The van der Waals surface area contributed by atoms with Gasteiger partial charge in [0.25, 0.3) is 0 Å². The average Bonchev–Trinajstić information content (AvgIpc) is 2.90. The highest BCUT2D eigenvalue weighted by atomic mass is 19.2. The lowest BCUT2D eigenvalue weighted by Crippen LogP contribution is -2.44. The molecule has 4 rings (SSSR count). The molecule has 204 valence electrons. The first-order chi connectivity index (χ1) is 18.1. The number of aromatic nitrogens is 1. The minimum absolute atomic E-state index is 0.00456. The molecule has 3 aromatic rings. The van der Waals surface area contributed by atoms with E-state index in [-0.39, 0.29) is 18.4 Å². The van der Waals surface area contributed by atoms with Crippen molar-refractivity contribution in [2.45, 2.75) is 51.6 Å². The smallest absolute Gasteiger partial charge is 0.309 e. The van der Waals surface area contributed by atoms with Gasteiger partial charge in [-0.2, -0.15) is 0 Å². The minimum atomic E-state index is -1.19. The molecule has 0 aliphatic carbocycles. The summed E-state index contributed by atoms with van der Waals surface area (Å²) in [4.78, 5) is 18.9. The molecule has 0 radical (unpaired) electrons. The number of ether oxygens (including phenoxy) is 1. The number of aryl methyl sites for hydroxylation is 2. The second kappa shape index (κ2) is 11.7. The number of piperidine rings is 1. The molecule has 2 heterocycles. The molecule has 0 bridgehead atoms. The summed E-state index contributed by atoms with van der Waals surface area (Å²) in [7, 11) is 1.57. The van der Waals surface area contributed by atoms with Gasteiger partial charge < -0.3 is 19.8 Å². The molecule has 1 aromatic heterocycles. The van der Waals surface area contributed by atoms with Gasteiger partial charge in [0, 0.05) is 17.6 Å². The van der Waals surface area contributed by atoms with Crippen molar-refractivity contribution >= 4 is 16.9 Å². The minimum Gasteiger partial charge on any atom is -0.497 e. The number of aliphatic carboxylic acids is 1. The van der Waals surface area contributed by atoms with Gasteiger partial charge in [0.1, 0.15) is 11.6 Å². The summed E-state index contributed by atoms with van der Waals surface area (Å²) in [5.74, 6) is -3.25. The maximum atomic E-state index is 13.9. The highest BCUT2D eigenvalue weighted by molar-refractivity contribution is 5.85. The second-order valence-electron chi connectivity index (χ2n) is 10.2. The molecule has 1 saturated heterocycles. The lowest BCUT2D eigenvalue weighted by atomic mass is 9.73. The fourth-order valence-electron chi connectivity index (χ4n) is 5.48. The molecule has 0 unspecified atom stereocenters. The number of nitrogens with zero attached hydrogens (tertiary/aromatic N) is 2. The van der Waals surface area contributed by atoms with Gasteiger partial charge >= 0.3 is 5.97 Å². The van der Waals surface area contributed by atoms with E-state index >= 15 is 0 Å². The van der Waals surface area contributed by atoms with E-state index in [1.807, 2.05) is 19.1 Å². The Balaban J connectivity index is 1.37. The van der Waals surface area contributed by atoms with Crippen LogP contribution in [0.4, 0.5) is 13.2 Å². The molecule has 2 aromatic carbocycles. The van der Waals surface area contributed by atoms with Gasteiger partial charge in [-0.15, -0.1) is 0 Å².